The molecule has 0 saturated heterocycles. The van der Waals surface area contributed by atoms with Crippen LogP contribution in [0.3, 0.4) is 0 Å². The summed E-state index contributed by atoms with van der Waals surface area (Å²) in [6.07, 6.45) is 1.71. The van der Waals surface area contributed by atoms with Gasteiger partial charge in [-0.1, -0.05) is 42.1 Å². The van der Waals surface area contributed by atoms with Gasteiger partial charge in [0.1, 0.15) is 0 Å². The van der Waals surface area contributed by atoms with Crippen LogP contribution in [-0.2, 0) is 0 Å². The molecule has 0 fully saturated rings. The zero-order valence-corrected chi connectivity index (χ0v) is 10.3. The fraction of sp³-hybridized carbons (Fsp3) is 0.154. The molecule has 1 heterocycles. The van der Waals surface area contributed by atoms with Gasteiger partial charge in [-0.2, -0.15) is 0 Å². The van der Waals surface area contributed by atoms with Gasteiger partial charge in [0.15, 0.2) is 10.9 Å². The molecule has 0 bridgehead atoms. The topological polar surface area (TPSA) is 42.9 Å². The van der Waals surface area contributed by atoms with Crippen molar-refractivity contribution in [2.24, 2.45) is 0 Å². The highest BCUT2D eigenvalue weighted by molar-refractivity contribution is 7.99. The Hall–Kier alpha value is -1.68. The molecule has 0 atom stereocenters. The maximum Gasteiger partial charge on any atom is 0.188 e. The van der Waals surface area contributed by atoms with Crippen molar-refractivity contribution in [3.05, 3.63) is 53.9 Å². The quantitative estimate of drug-likeness (QED) is 0.471. The first kappa shape index (κ1) is 11.8. The molecule has 0 spiro atoms. The summed E-state index contributed by atoms with van der Waals surface area (Å²) in [7, 11) is 0. The summed E-state index contributed by atoms with van der Waals surface area (Å²) in [5.41, 5.74) is 1.64. The fourth-order valence-electron chi connectivity index (χ4n) is 1.33. The van der Waals surface area contributed by atoms with E-state index in [4.69, 9.17) is 0 Å². The van der Waals surface area contributed by atoms with E-state index in [0.29, 0.717) is 10.9 Å². The lowest BCUT2D eigenvalue weighted by atomic mass is 10.2. The molecule has 0 aliphatic carbocycles. The number of Topliss-reactive ketones (excluding diaryl/α,β-unsaturated/α-hetero) is 1. The van der Waals surface area contributed by atoms with Crippen molar-refractivity contribution in [3.8, 4) is 0 Å². The van der Waals surface area contributed by atoms with Crippen molar-refractivity contribution >= 4 is 17.5 Å². The highest BCUT2D eigenvalue weighted by Gasteiger charge is 2.07. The monoisotopic (exact) mass is 244 g/mol. The van der Waals surface area contributed by atoms with Crippen LogP contribution in [0.15, 0.2) is 47.8 Å². The van der Waals surface area contributed by atoms with E-state index in [1.54, 1.807) is 6.20 Å². The number of aromatic nitrogens is 2. The molecule has 0 unspecified atom stereocenters. The van der Waals surface area contributed by atoms with Gasteiger partial charge in [-0.25, -0.2) is 9.97 Å². The molecule has 1 aromatic carbocycles. The molecular weight excluding hydrogens is 232 g/mol. The standard InChI is InChI=1S/C13H12N2OS/c1-10-7-8-14-13(15-10)17-9-12(16)11-5-3-2-4-6-11/h2-8H,9H2,1H3. The van der Waals surface area contributed by atoms with Crippen LogP contribution >= 0.6 is 11.8 Å². The van der Waals surface area contributed by atoms with Gasteiger partial charge in [-0.3, -0.25) is 4.79 Å². The van der Waals surface area contributed by atoms with Crippen LogP contribution in [0.1, 0.15) is 16.1 Å². The van der Waals surface area contributed by atoms with Crippen LogP contribution in [0, 0.1) is 6.92 Å². The van der Waals surface area contributed by atoms with Gasteiger partial charge in [-0.05, 0) is 13.0 Å². The molecular formula is C13H12N2OS. The Labute approximate surface area is 104 Å². The van der Waals surface area contributed by atoms with Crippen LogP contribution in [0.4, 0.5) is 0 Å². The number of hydrogen-bond acceptors (Lipinski definition) is 4. The number of ketones is 1. The average Bonchev–Trinajstić information content (AvgIpc) is 2.37. The van der Waals surface area contributed by atoms with Crippen molar-refractivity contribution < 1.29 is 4.79 Å². The minimum absolute atomic E-state index is 0.0979. The number of benzene rings is 1. The van der Waals surface area contributed by atoms with Crippen LogP contribution in [-0.4, -0.2) is 21.5 Å². The number of carbonyl (C=O) groups is 1. The molecule has 0 N–H and O–H groups in total. The van der Waals surface area contributed by atoms with Gasteiger partial charge in [0.2, 0.25) is 0 Å². The van der Waals surface area contributed by atoms with Gasteiger partial charge in [0, 0.05) is 17.5 Å². The van der Waals surface area contributed by atoms with Crippen molar-refractivity contribution in [3.63, 3.8) is 0 Å². The number of carbonyl (C=O) groups excluding carboxylic acids is 1. The molecule has 17 heavy (non-hydrogen) atoms. The largest absolute Gasteiger partial charge is 0.293 e. The van der Waals surface area contributed by atoms with Gasteiger partial charge >= 0.3 is 0 Å². The molecule has 2 rings (SSSR count). The second kappa shape index (κ2) is 5.59. The number of nitrogens with zero attached hydrogens (tertiary/aromatic N) is 2. The van der Waals surface area contributed by atoms with Crippen LogP contribution < -0.4 is 0 Å². The molecule has 0 radical (unpaired) electrons. The van der Waals surface area contributed by atoms with E-state index >= 15 is 0 Å². The maximum absolute atomic E-state index is 11.8. The highest BCUT2D eigenvalue weighted by atomic mass is 32.2. The number of thioether (sulfide) groups is 1. The number of rotatable bonds is 4. The van der Waals surface area contributed by atoms with Gasteiger partial charge in [0.05, 0.1) is 5.75 Å². The molecule has 0 aliphatic rings. The lowest BCUT2D eigenvalue weighted by Crippen LogP contribution is -2.02. The Kier molecular flexibility index (Phi) is 3.88. The van der Waals surface area contributed by atoms with Gasteiger partial charge in [-0.15, -0.1) is 0 Å². The lowest BCUT2D eigenvalue weighted by Gasteiger charge is -2.00. The number of hydrogen-bond donors (Lipinski definition) is 0. The molecule has 4 heteroatoms. The molecule has 0 saturated carbocycles. The normalized spacial score (nSPS) is 10.2. The molecule has 3 nitrogen and oxygen atoms in total. The Balaban J connectivity index is 1.97. The van der Waals surface area contributed by atoms with E-state index < -0.39 is 0 Å². The second-order valence-electron chi connectivity index (χ2n) is 3.56. The second-order valence-corrected chi connectivity index (χ2v) is 4.50. The lowest BCUT2D eigenvalue weighted by molar-refractivity contribution is 0.102. The van der Waals surface area contributed by atoms with E-state index in [2.05, 4.69) is 9.97 Å². The molecule has 1 aromatic heterocycles. The predicted octanol–water partition coefficient (Wildman–Crippen LogP) is 2.76. The third-order valence-electron chi connectivity index (χ3n) is 2.20. The zero-order valence-electron chi connectivity index (χ0n) is 9.46. The van der Waals surface area contributed by atoms with E-state index in [-0.39, 0.29) is 5.78 Å². The summed E-state index contributed by atoms with van der Waals surface area (Å²) in [5.74, 6) is 0.466. The summed E-state index contributed by atoms with van der Waals surface area (Å²) >= 11 is 1.37. The fourth-order valence-corrected chi connectivity index (χ4v) is 2.10. The van der Waals surface area contributed by atoms with Crippen molar-refractivity contribution in [2.45, 2.75) is 12.1 Å². The Morgan fingerprint density at radius 3 is 2.71 bits per heavy atom. The smallest absolute Gasteiger partial charge is 0.188 e. The third kappa shape index (κ3) is 3.39. The van der Waals surface area contributed by atoms with Crippen LogP contribution in [0.2, 0.25) is 0 Å². The average molecular weight is 244 g/mol. The number of aryl methyl sites for hydroxylation is 1. The molecule has 0 amide bonds. The highest BCUT2D eigenvalue weighted by Crippen LogP contribution is 2.14. The van der Waals surface area contributed by atoms with Crippen molar-refractivity contribution in [2.75, 3.05) is 5.75 Å². The molecule has 2 aromatic rings. The Morgan fingerprint density at radius 2 is 2.00 bits per heavy atom. The Morgan fingerprint density at radius 1 is 1.24 bits per heavy atom. The summed E-state index contributed by atoms with van der Waals surface area (Å²) in [4.78, 5) is 20.2. The zero-order chi connectivity index (χ0) is 12.1. The SMILES string of the molecule is Cc1ccnc(SCC(=O)c2ccccc2)n1. The predicted molar refractivity (Wildman–Crippen MR) is 68.3 cm³/mol. The van der Waals surface area contributed by atoms with Gasteiger partial charge in [0.25, 0.3) is 0 Å². The van der Waals surface area contributed by atoms with E-state index in [0.717, 1.165) is 11.3 Å². The van der Waals surface area contributed by atoms with Crippen molar-refractivity contribution in [1.29, 1.82) is 0 Å². The first-order valence-electron chi connectivity index (χ1n) is 5.26. The maximum atomic E-state index is 11.8. The minimum atomic E-state index is 0.0979. The van der Waals surface area contributed by atoms with E-state index in [9.17, 15) is 4.79 Å². The summed E-state index contributed by atoms with van der Waals surface area (Å²) in [6, 6.07) is 11.1. The molecule has 86 valence electrons. The first-order chi connectivity index (χ1) is 8.25. The van der Waals surface area contributed by atoms with Crippen LogP contribution in [0.5, 0.6) is 0 Å². The third-order valence-corrected chi connectivity index (χ3v) is 3.06. The van der Waals surface area contributed by atoms with Crippen LogP contribution in [0.25, 0.3) is 0 Å². The summed E-state index contributed by atoms with van der Waals surface area (Å²) < 4.78 is 0. The summed E-state index contributed by atoms with van der Waals surface area (Å²) in [5, 5.41) is 0.647. The Bertz CT molecular complexity index is 514. The summed E-state index contributed by atoms with van der Waals surface area (Å²) in [6.45, 7) is 1.91. The minimum Gasteiger partial charge on any atom is -0.293 e. The molecule has 0 aliphatic heterocycles. The van der Waals surface area contributed by atoms with E-state index in [1.807, 2.05) is 43.3 Å². The van der Waals surface area contributed by atoms with E-state index in [1.165, 1.54) is 11.8 Å². The first-order valence-corrected chi connectivity index (χ1v) is 6.25. The van der Waals surface area contributed by atoms with Gasteiger partial charge < -0.3 is 0 Å². The van der Waals surface area contributed by atoms with Crippen molar-refractivity contribution in [1.82, 2.24) is 9.97 Å².